The van der Waals surface area contributed by atoms with Gasteiger partial charge in [-0.1, -0.05) is 31.5 Å². The molecule has 0 spiro atoms. The highest BCUT2D eigenvalue weighted by Crippen LogP contribution is 2.42. The third-order valence-corrected chi connectivity index (χ3v) is 6.00. The van der Waals surface area contributed by atoms with Crippen molar-refractivity contribution in [3.63, 3.8) is 0 Å². The van der Waals surface area contributed by atoms with Crippen LogP contribution in [-0.4, -0.2) is 34.6 Å². The van der Waals surface area contributed by atoms with Gasteiger partial charge in [0.15, 0.2) is 5.92 Å². The standard InChI is InChI=1S/C21H23N3O3S/c1-3-5-12-23-19(25)17(20(26)27-4-2)18(16-11-8-13-28-16)24-15-10-7-6-9-14(15)22-21(23)24/h6-11,13,17-18H,3-5,12H2,1-2H3/t17-,18+/m0/s1. The lowest BCUT2D eigenvalue weighted by Gasteiger charge is -2.37. The van der Waals surface area contributed by atoms with Crippen molar-refractivity contribution in [2.75, 3.05) is 18.1 Å². The summed E-state index contributed by atoms with van der Waals surface area (Å²) in [6.07, 6.45) is 1.79. The Kier molecular flexibility index (Phi) is 5.17. The third-order valence-electron chi connectivity index (χ3n) is 5.06. The number of carbonyl (C=O) groups excluding carboxylic acids is 2. The molecule has 3 heterocycles. The monoisotopic (exact) mass is 397 g/mol. The molecule has 0 bridgehead atoms. The third kappa shape index (κ3) is 2.99. The average Bonchev–Trinajstić information content (AvgIpc) is 3.34. The Morgan fingerprint density at radius 2 is 2.04 bits per heavy atom. The second-order valence-corrected chi connectivity index (χ2v) is 7.78. The summed E-state index contributed by atoms with van der Waals surface area (Å²) in [4.78, 5) is 33.7. The molecular weight excluding hydrogens is 374 g/mol. The molecule has 0 fully saturated rings. The predicted octanol–water partition coefficient (Wildman–Crippen LogP) is 4.01. The highest BCUT2D eigenvalue weighted by atomic mass is 32.1. The fourth-order valence-corrected chi connectivity index (χ4v) is 4.64. The molecule has 2 atom stereocenters. The average molecular weight is 398 g/mol. The Morgan fingerprint density at radius 1 is 1.21 bits per heavy atom. The van der Waals surface area contributed by atoms with Gasteiger partial charge in [0.05, 0.1) is 23.7 Å². The Hall–Kier alpha value is -2.67. The first-order valence-electron chi connectivity index (χ1n) is 9.65. The van der Waals surface area contributed by atoms with Crippen molar-refractivity contribution in [2.24, 2.45) is 5.92 Å². The summed E-state index contributed by atoms with van der Waals surface area (Å²) >= 11 is 1.54. The molecule has 1 amide bonds. The molecule has 1 aliphatic heterocycles. The fourth-order valence-electron chi connectivity index (χ4n) is 3.79. The Bertz CT molecular complexity index is 996. The van der Waals surface area contributed by atoms with Crippen LogP contribution in [-0.2, 0) is 14.3 Å². The fraction of sp³-hybridized carbons (Fsp3) is 0.381. The van der Waals surface area contributed by atoms with E-state index in [1.165, 1.54) is 11.3 Å². The molecule has 0 saturated carbocycles. The van der Waals surface area contributed by atoms with E-state index in [4.69, 9.17) is 9.72 Å². The van der Waals surface area contributed by atoms with Gasteiger partial charge in [0, 0.05) is 11.4 Å². The van der Waals surface area contributed by atoms with Crippen molar-refractivity contribution >= 4 is 40.2 Å². The van der Waals surface area contributed by atoms with Gasteiger partial charge in [0.2, 0.25) is 11.9 Å². The molecule has 1 aliphatic rings. The Labute approximate surface area is 167 Å². The number of anilines is 1. The quantitative estimate of drug-likeness (QED) is 0.466. The lowest BCUT2D eigenvalue weighted by atomic mass is 9.94. The molecule has 0 radical (unpaired) electrons. The van der Waals surface area contributed by atoms with Crippen LogP contribution in [0.1, 0.15) is 37.6 Å². The maximum Gasteiger partial charge on any atom is 0.321 e. The van der Waals surface area contributed by atoms with Gasteiger partial charge in [-0.05, 0) is 36.9 Å². The number of para-hydroxylation sites is 2. The largest absolute Gasteiger partial charge is 0.465 e. The molecule has 6 nitrogen and oxygen atoms in total. The highest BCUT2D eigenvalue weighted by molar-refractivity contribution is 7.10. The van der Waals surface area contributed by atoms with Crippen molar-refractivity contribution in [1.29, 1.82) is 0 Å². The van der Waals surface area contributed by atoms with Crippen LogP contribution in [0.25, 0.3) is 11.0 Å². The summed E-state index contributed by atoms with van der Waals surface area (Å²) < 4.78 is 7.36. The van der Waals surface area contributed by atoms with Crippen LogP contribution in [0.15, 0.2) is 41.8 Å². The first-order valence-corrected chi connectivity index (χ1v) is 10.5. The van der Waals surface area contributed by atoms with Crippen LogP contribution in [0.3, 0.4) is 0 Å². The summed E-state index contributed by atoms with van der Waals surface area (Å²) in [6.45, 7) is 4.62. The molecule has 2 aromatic heterocycles. The lowest BCUT2D eigenvalue weighted by Crippen LogP contribution is -2.50. The first kappa shape index (κ1) is 18.7. The van der Waals surface area contributed by atoms with Crippen molar-refractivity contribution < 1.29 is 14.3 Å². The number of thiophene rings is 1. The molecule has 0 saturated heterocycles. The van der Waals surface area contributed by atoms with E-state index in [1.807, 2.05) is 46.3 Å². The van der Waals surface area contributed by atoms with Gasteiger partial charge in [0.1, 0.15) is 0 Å². The van der Waals surface area contributed by atoms with E-state index >= 15 is 0 Å². The van der Waals surface area contributed by atoms with Gasteiger partial charge in [-0.15, -0.1) is 11.3 Å². The van der Waals surface area contributed by atoms with E-state index in [0.717, 1.165) is 28.8 Å². The van der Waals surface area contributed by atoms with Gasteiger partial charge in [-0.2, -0.15) is 0 Å². The number of unbranched alkanes of at least 4 members (excludes halogenated alkanes) is 1. The summed E-state index contributed by atoms with van der Waals surface area (Å²) in [5.41, 5.74) is 1.73. The Balaban J connectivity index is 1.95. The van der Waals surface area contributed by atoms with E-state index in [0.29, 0.717) is 12.5 Å². The van der Waals surface area contributed by atoms with E-state index in [-0.39, 0.29) is 12.5 Å². The van der Waals surface area contributed by atoms with Crippen molar-refractivity contribution in [3.8, 4) is 0 Å². The minimum absolute atomic E-state index is 0.229. The topological polar surface area (TPSA) is 64.4 Å². The van der Waals surface area contributed by atoms with Crippen LogP contribution in [0.2, 0.25) is 0 Å². The number of aromatic nitrogens is 2. The van der Waals surface area contributed by atoms with Gasteiger partial charge in [-0.3, -0.25) is 19.1 Å². The SMILES string of the molecule is CCCCN1C(=O)[C@@H](C(=O)OCC)[C@@H](c2cccs2)n2c1nc1ccccc12. The molecule has 146 valence electrons. The number of fused-ring (bicyclic) bond motifs is 3. The molecular formula is C21H23N3O3S. The number of imidazole rings is 1. The number of carbonyl (C=O) groups is 2. The number of benzene rings is 1. The molecule has 28 heavy (non-hydrogen) atoms. The van der Waals surface area contributed by atoms with Crippen molar-refractivity contribution in [2.45, 2.75) is 32.7 Å². The van der Waals surface area contributed by atoms with Crippen LogP contribution in [0.4, 0.5) is 5.95 Å². The molecule has 7 heteroatoms. The zero-order chi connectivity index (χ0) is 19.7. The minimum atomic E-state index is -0.916. The van der Waals surface area contributed by atoms with E-state index in [1.54, 1.807) is 11.8 Å². The van der Waals surface area contributed by atoms with Gasteiger partial charge in [0.25, 0.3) is 0 Å². The van der Waals surface area contributed by atoms with Crippen LogP contribution >= 0.6 is 11.3 Å². The maximum atomic E-state index is 13.5. The second kappa shape index (κ2) is 7.75. The molecule has 1 aromatic carbocycles. The van der Waals surface area contributed by atoms with E-state index < -0.39 is 17.9 Å². The van der Waals surface area contributed by atoms with E-state index in [2.05, 4.69) is 6.92 Å². The molecule has 0 aliphatic carbocycles. The highest BCUT2D eigenvalue weighted by Gasteiger charge is 2.48. The van der Waals surface area contributed by atoms with Crippen molar-refractivity contribution in [3.05, 3.63) is 46.7 Å². The molecule has 0 unspecified atom stereocenters. The van der Waals surface area contributed by atoms with Crippen LogP contribution < -0.4 is 4.90 Å². The summed E-state index contributed by atoms with van der Waals surface area (Å²) in [5, 5.41) is 1.96. The number of nitrogens with zero attached hydrogens (tertiary/aromatic N) is 3. The normalized spacial score (nSPS) is 19.1. The molecule has 4 rings (SSSR count). The molecule has 0 N–H and O–H groups in total. The predicted molar refractivity (Wildman–Crippen MR) is 110 cm³/mol. The second-order valence-electron chi connectivity index (χ2n) is 6.80. The first-order chi connectivity index (χ1) is 13.7. The summed E-state index contributed by atoms with van der Waals surface area (Å²) in [7, 11) is 0. The number of esters is 1. The zero-order valence-corrected chi connectivity index (χ0v) is 16.8. The van der Waals surface area contributed by atoms with Gasteiger partial charge >= 0.3 is 5.97 Å². The number of rotatable bonds is 6. The Morgan fingerprint density at radius 3 is 2.75 bits per heavy atom. The number of ether oxygens (including phenoxy) is 1. The zero-order valence-electron chi connectivity index (χ0n) is 16.0. The maximum absolute atomic E-state index is 13.5. The smallest absolute Gasteiger partial charge is 0.321 e. The number of amides is 1. The van der Waals surface area contributed by atoms with E-state index in [9.17, 15) is 9.59 Å². The van der Waals surface area contributed by atoms with Crippen LogP contribution in [0.5, 0.6) is 0 Å². The minimum Gasteiger partial charge on any atom is -0.465 e. The molecule has 3 aromatic rings. The summed E-state index contributed by atoms with van der Waals surface area (Å²) in [5.74, 6) is -1.01. The van der Waals surface area contributed by atoms with Gasteiger partial charge in [-0.25, -0.2) is 4.98 Å². The van der Waals surface area contributed by atoms with Crippen LogP contribution in [0, 0.1) is 5.92 Å². The summed E-state index contributed by atoms with van der Waals surface area (Å²) in [6, 6.07) is 11.3. The number of hydrogen-bond acceptors (Lipinski definition) is 5. The van der Waals surface area contributed by atoms with Gasteiger partial charge < -0.3 is 4.74 Å². The number of hydrogen-bond donors (Lipinski definition) is 0. The lowest BCUT2D eigenvalue weighted by molar-refractivity contribution is -0.153. The van der Waals surface area contributed by atoms with Crippen molar-refractivity contribution in [1.82, 2.24) is 9.55 Å².